The third kappa shape index (κ3) is 5.49. The number of hydrogen-bond acceptors (Lipinski definition) is 5. The monoisotopic (exact) mass is 394 g/mol. The molecule has 1 heterocycles. The van der Waals surface area contributed by atoms with Crippen LogP contribution in [0.1, 0.15) is 20.8 Å². The van der Waals surface area contributed by atoms with Crippen LogP contribution in [0.4, 0.5) is 15.8 Å². The first-order chi connectivity index (χ1) is 13.0. The lowest BCUT2D eigenvalue weighted by Gasteiger charge is -2.31. The van der Waals surface area contributed by atoms with E-state index in [0.29, 0.717) is 13.2 Å². The molecule has 2 rings (SSSR count). The molecule has 1 aromatic rings. The topological polar surface area (TPSA) is 105 Å². The molecular weight excluding hydrogens is 367 g/mol. The summed E-state index contributed by atoms with van der Waals surface area (Å²) in [7, 11) is 1.63. The summed E-state index contributed by atoms with van der Waals surface area (Å²) in [5.41, 5.74) is 5.54. The van der Waals surface area contributed by atoms with E-state index in [0.717, 1.165) is 6.07 Å². The number of hydrogen-bond donors (Lipinski definition) is 2. The summed E-state index contributed by atoms with van der Waals surface area (Å²) < 4.78 is 19.5. The zero-order valence-electron chi connectivity index (χ0n) is 16.6. The van der Waals surface area contributed by atoms with Crippen molar-refractivity contribution in [2.45, 2.75) is 26.8 Å². The fourth-order valence-electron chi connectivity index (χ4n) is 3.17. The Hall–Kier alpha value is -2.52. The maximum Gasteiger partial charge on any atom is 0.253 e. The number of amides is 3. The minimum absolute atomic E-state index is 0.0989. The summed E-state index contributed by atoms with van der Waals surface area (Å²) in [4.78, 5) is 39.1. The van der Waals surface area contributed by atoms with Gasteiger partial charge in [-0.1, -0.05) is 20.8 Å². The first-order valence-corrected chi connectivity index (χ1v) is 8.97. The number of primary amides is 1. The summed E-state index contributed by atoms with van der Waals surface area (Å²) in [6.45, 7) is 6.85. The molecule has 3 N–H and O–H groups in total. The van der Waals surface area contributed by atoms with Crippen LogP contribution in [0.5, 0.6) is 0 Å². The van der Waals surface area contributed by atoms with Crippen molar-refractivity contribution in [1.82, 2.24) is 4.90 Å². The molecule has 0 unspecified atom stereocenters. The van der Waals surface area contributed by atoms with Gasteiger partial charge >= 0.3 is 0 Å². The van der Waals surface area contributed by atoms with Crippen molar-refractivity contribution in [1.29, 1.82) is 0 Å². The second-order valence-corrected chi connectivity index (χ2v) is 8.03. The number of rotatable bonds is 6. The van der Waals surface area contributed by atoms with Crippen molar-refractivity contribution in [3.63, 3.8) is 0 Å². The third-order valence-corrected chi connectivity index (χ3v) is 4.17. The lowest BCUT2D eigenvalue weighted by molar-refractivity contribution is -0.132. The predicted molar refractivity (Wildman–Crippen MR) is 103 cm³/mol. The van der Waals surface area contributed by atoms with Crippen LogP contribution in [0.3, 0.4) is 0 Å². The van der Waals surface area contributed by atoms with E-state index in [1.165, 1.54) is 17.0 Å². The van der Waals surface area contributed by atoms with Crippen LogP contribution in [0.25, 0.3) is 0 Å². The fourth-order valence-corrected chi connectivity index (χ4v) is 3.17. The van der Waals surface area contributed by atoms with Crippen LogP contribution in [-0.2, 0) is 19.1 Å². The highest BCUT2D eigenvalue weighted by Crippen LogP contribution is 2.24. The van der Waals surface area contributed by atoms with Crippen LogP contribution < -0.4 is 16.0 Å². The summed E-state index contributed by atoms with van der Waals surface area (Å²) in [5.74, 6) is -2.43. The van der Waals surface area contributed by atoms with Gasteiger partial charge in [-0.15, -0.1) is 0 Å². The Kier molecular flexibility index (Phi) is 6.73. The molecule has 1 atom stereocenters. The number of nitrogens with zero attached hydrogens (tertiary/aromatic N) is 2. The van der Waals surface area contributed by atoms with E-state index >= 15 is 0 Å². The average molecular weight is 394 g/mol. The molecule has 0 aliphatic carbocycles. The molecule has 0 aromatic heterocycles. The Morgan fingerprint density at radius 1 is 1.39 bits per heavy atom. The number of nitrogens with one attached hydrogen (secondary N) is 1. The van der Waals surface area contributed by atoms with Gasteiger partial charge in [-0.25, -0.2) is 4.39 Å². The number of ether oxygens (including phenoxy) is 1. The standard InChI is InChI=1S/C19H27FN4O4/c1-19(2,3)11-23(4)16(17(21)26)18(27)22-12-5-6-14(13(20)9-12)24-7-8-28-10-15(24)25/h5-6,9,16H,7-8,10-11H2,1-4H3,(H2,21,26)(H,22,27)/t16-/m0/s1. The summed E-state index contributed by atoms with van der Waals surface area (Å²) in [6, 6.07) is 2.80. The minimum atomic E-state index is -1.19. The number of anilines is 2. The first-order valence-electron chi connectivity index (χ1n) is 8.97. The maximum absolute atomic E-state index is 14.5. The molecule has 0 spiro atoms. The van der Waals surface area contributed by atoms with E-state index in [9.17, 15) is 18.8 Å². The van der Waals surface area contributed by atoms with Gasteiger partial charge in [0.1, 0.15) is 12.4 Å². The van der Waals surface area contributed by atoms with Crippen LogP contribution in [0.2, 0.25) is 0 Å². The van der Waals surface area contributed by atoms with E-state index in [1.54, 1.807) is 11.9 Å². The molecule has 1 fully saturated rings. The smallest absolute Gasteiger partial charge is 0.253 e. The fraction of sp³-hybridized carbons (Fsp3) is 0.526. The van der Waals surface area contributed by atoms with Gasteiger partial charge in [-0.3, -0.25) is 19.3 Å². The Morgan fingerprint density at radius 2 is 2.07 bits per heavy atom. The van der Waals surface area contributed by atoms with E-state index in [1.807, 2.05) is 20.8 Å². The Labute approximate surface area is 163 Å². The highest BCUT2D eigenvalue weighted by atomic mass is 19.1. The maximum atomic E-state index is 14.5. The van der Waals surface area contributed by atoms with Crippen LogP contribution >= 0.6 is 0 Å². The molecule has 9 heteroatoms. The number of morpholine rings is 1. The van der Waals surface area contributed by atoms with E-state index < -0.39 is 23.7 Å². The SMILES string of the molecule is CN(CC(C)(C)C)[C@@H](C(N)=O)C(=O)Nc1ccc(N2CCOCC2=O)c(F)c1. The number of benzene rings is 1. The van der Waals surface area contributed by atoms with Gasteiger partial charge in [-0.05, 0) is 30.7 Å². The predicted octanol–water partition coefficient (Wildman–Crippen LogP) is 0.959. The number of carbonyl (C=O) groups excluding carboxylic acids is 3. The van der Waals surface area contributed by atoms with Gasteiger partial charge < -0.3 is 20.7 Å². The van der Waals surface area contributed by atoms with Crippen molar-refractivity contribution in [3.8, 4) is 0 Å². The summed E-state index contributed by atoms with van der Waals surface area (Å²) >= 11 is 0. The van der Waals surface area contributed by atoms with Crippen molar-refractivity contribution in [2.75, 3.05) is 43.6 Å². The molecule has 1 saturated heterocycles. The van der Waals surface area contributed by atoms with Gasteiger partial charge in [0.2, 0.25) is 5.91 Å². The summed E-state index contributed by atoms with van der Waals surface area (Å²) in [6.07, 6.45) is 0. The van der Waals surface area contributed by atoms with E-state index in [-0.39, 0.29) is 35.8 Å². The largest absolute Gasteiger partial charge is 0.370 e. The number of carbonyl (C=O) groups is 3. The normalized spacial score (nSPS) is 16.2. The second-order valence-electron chi connectivity index (χ2n) is 8.03. The third-order valence-electron chi connectivity index (χ3n) is 4.17. The minimum Gasteiger partial charge on any atom is -0.370 e. The van der Waals surface area contributed by atoms with E-state index in [2.05, 4.69) is 5.32 Å². The molecule has 0 saturated carbocycles. The van der Waals surface area contributed by atoms with Crippen molar-refractivity contribution >= 4 is 29.1 Å². The second kappa shape index (κ2) is 8.66. The molecule has 154 valence electrons. The summed E-state index contributed by atoms with van der Waals surface area (Å²) in [5, 5.41) is 2.52. The highest BCUT2D eigenvalue weighted by Gasteiger charge is 2.31. The molecule has 28 heavy (non-hydrogen) atoms. The molecule has 1 aliphatic heterocycles. The Bertz CT molecular complexity index is 763. The van der Waals surface area contributed by atoms with Crippen LogP contribution in [-0.4, -0.2) is 62.0 Å². The van der Waals surface area contributed by atoms with E-state index in [4.69, 9.17) is 10.5 Å². The average Bonchev–Trinajstić information content (AvgIpc) is 2.54. The van der Waals surface area contributed by atoms with Gasteiger partial charge in [0.15, 0.2) is 6.04 Å². The zero-order chi connectivity index (χ0) is 21.1. The Morgan fingerprint density at radius 3 is 2.61 bits per heavy atom. The van der Waals surface area contributed by atoms with Crippen molar-refractivity contribution in [3.05, 3.63) is 24.0 Å². The van der Waals surface area contributed by atoms with Gasteiger partial charge in [0.25, 0.3) is 11.8 Å². The van der Waals surface area contributed by atoms with Crippen molar-refractivity contribution < 1.29 is 23.5 Å². The highest BCUT2D eigenvalue weighted by molar-refractivity contribution is 6.09. The van der Waals surface area contributed by atoms with Crippen LogP contribution in [0, 0.1) is 11.2 Å². The van der Waals surface area contributed by atoms with Gasteiger partial charge in [-0.2, -0.15) is 0 Å². The first kappa shape index (κ1) is 21.8. The molecule has 1 aliphatic rings. The quantitative estimate of drug-likeness (QED) is 0.700. The number of halogens is 1. The zero-order valence-corrected chi connectivity index (χ0v) is 16.6. The lowest BCUT2D eigenvalue weighted by Crippen LogP contribution is -2.52. The molecular formula is C19H27FN4O4. The van der Waals surface area contributed by atoms with Crippen molar-refractivity contribution in [2.24, 2.45) is 11.1 Å². The molecule has 0 bridgehead atoms. The Balaban J connectivity index is 2.15. The molecule has 3 amide bonds. The van der Waals surface area contributed by atoms with Gasteiger partial charge in [0, 0.05) is 18.8 Å². The number of nitrogens with two attached hydrogens (primary N) is 1. The van der Waals surface area contributed by atoms with Crippen LogP contribution in [0.15, 0.2) is 18.2 Å². The lowest BCUT2D eigenvalue weighted by atomic mass is 9.95. The molecule has 1 aromatic carbocycles. The number of likely N-dealkylation sites (N-methyl/N-ethyl adjacent to an activating group) is 1. The van der Waals surface area contributed by atoms with Gasteiger partial charge in [0.05, 0.1) is 12.3 Å². The molecule has 0 radical (unpaired) electrons. The molecule has 8 nitrogen and oxygen atoms in total.